The third-order valence-electron chi connectivity index (χ3n) is 6.36. The molecule has 37 heavy (non-hydrogen) atoms. The monoisotopic (exact) mass is 555 g/mol. The van der Waals surface area contributed by atoms with Crippen molar-refractivity contribution >= 4 is 22.5 Å². The Morgan fingerprint density at radius 1 is 1.11 bits per heavy atom. The van der Waals surface area contributed by atoms with Gasteiger partial charge in [0.2, 0.25) is 6.54 Å². The van der Waals surface area contributed by atoms with E-state index in [9.17, 15) is 10.1 Å². The van der Waals surface area contributed by atoms with E-state index < -0.39 is 27.9 Å². The van der Waals surface area contributed by atoms with Crippen LogP contribution in [0.3, 0.4) is 0 Å². The van der Waals surface area contributed by atoms with Crippen molar-refractivity contribution in [2.45, 2.75) is 98.1 Å². The zero-order chi connectivity index (χ0) is 28.4. The molecular formula is C26H46N3O6PSi. The molecule has 0 aliphatic heterocycles. The first-order valence-electron chi connectivity index (χ1n) is 12.9. The van der Waals surface area contributed by atoms with E-state index in [1.807, 2.05) is 27.7 Å². The summed E-state index contributed by atoms with van der Waals surface area (Å²) in [5, 5.41) is 11.9. The summed E-state index contributed by atoms with van der Waals surface area (Å²) >= 11 is 0. The summed E-state index contributed by atoms with van der Waals surface area (Å²) in [7, 11) is -3.35. The molecule has 210 valence electrons. The second kappa shape index (κ2) is 15.1. The Kier molecular flexibility index (Phi) is 13.6. The van der Waals surface area contributed by atoms with Crippen LogP contribution < -0.4 is 4.74 Å². The van der Waals surface area contributed by atoms with Gasteiger partial charge in [-0.25, -0.2) is 11.2 Å². The van der Waals surface area contributed by atoms with Gasteiger partial charge in [-0.3, -0.25) is 10.1 Å². The second-order valence-corrected chi connectivity index (χ2v) is 17.3. The molecule has 0 N–H and O–H groups in total. The number of rotatable bonds is 16. The maximum Gasteiger partial charge on any atom is 0.275 e. The van der Waals surface area contributed by atoms with Gasteiger partial charge in [-0.1, -0.05) is 20.8 Å². The predicted octanol–water partition coefficient (Wildman–Crippen LogP) is 7.74. The van der Waals surface area contributed by atoms with E-state index >= 15 is 0 Å². The Bertz CT molecular complexity index is 893. The summed E-state index contributed by atoms with van der Waals surface area (Å²) in [5.74, 6) is 0.547. The Morgan fingerprint density at radius 2 is 1.73 bits per heavy atom. The van der Waals surface area contributed by atoms with Crippen LogP contribution in [0, 0.1) is 16.7 Å². The minimum absolute atomic E-state index is 0.0298. The van der Waals surface area contributed by atoms with Crippen LogP contribution in [-0.2, 0) is 13.5 Å². The lowest BCUT2D eigenvalue weighted by Crippen LogP contribution is -2.41. The number of nitro benzene ring substituents is 1. The maximum absolute atomic E-state index is 11.8. The highest BCUT2D eigenvalue weighted by Gasteiger charge is 2.37. The van der Waals surface area contributed by atoms with Crippen molar-refractivity contribution in [3.63, 3.8) is 0 Å². The van der Waals surface area contributed by atoms with Crippen molar-refractivity contribution in [3.05, 3.63) is 45.3 Å². The zero-order valence-electron chi connectivity index (χ0n) is 24.2. The van der Waals surface area contributed by atoms with E-state index in [0.29, 0.717) is 24.5 Å². The van der Waals surface area contributed by atoms with E-state index in [4.69, 9.17) is 24.8 Å². The van der Waals surface area contributed by atoms with Crippen molar-refractivity contribution in [1.29, 1.82) is 0 Å². The standard InChI is InChI=1S/C26H46N3O6PSi/c1-20(2)28(21(3)4)36(33-18-15-27-9)35-22(5)24-19-23(13-14-25(24)29(30)31)32-16-12-17-34-37(10,11)26(6,7)8/h13-14,19-22H,12,15-18H2,1-8,10-11H3. The normalized spacial score (nSPS) is 14.2. The average Bonchev–Trinajstić information content (AvgIpc) is 2.77. The summed E-state index contributed by atoms with van der Waals surface area (Å²) in [4.78, 5) is 14.7. The number of benzene rings is 1. The summed E-state index contributed by atoms with van der Waals surface area (Å²) in [5.41, 5.74) is 0.395. The highest BCUT2D eigenvalue weighted by molar-refractivity contribution is 7.44. The lowest BCUT2D eigenvalue weighted by atomic mass is 10.1. The van der Waals surface area contributed by atoms with Crippen molar-refractivity contribution in [1.82, 2.24) is 4.67 Å². The number of ether oxygens (including phenoxy) is 1. The molecule has 0 aliphatic carbocycles. The molecule has 0 aromatic heterocycles. The summed E-state index contributed by atoms with van der Waals surface area (Å²) in [6.45, 7) is 29.6. The van der Waals surface area contributed by atoms with Crippen LogP contribution in [-0.4, -0.2) is 56.4 Å². The average molecular weight is 556 g/mol. The van der Waals surface area contributed by atoms with Crippen LogP contribution in [0.4, 0.5) is 5.69 Å². The van der Waals surface area contributed by atoms with Gasteiger partial charge in [0.15, 0.2) is 8.32 Å². The topological polar surface area (TPSA) is 87.7 Å². The van der Waals surface area contributed by atoms with Gasteiger partial charge in [-0.15, -0.1) is 0 Å². The molecule has 0 heterocycles. The first kappa shape index (κ1) is 33.4. The molecule has 0 fully saturated rings. The van der Waals surface area contributed by atoms with Gasteiger partial charge in [0.1, 0.15) is 12.4 Å². The first-order chi connectivity index (χ1) is 17.1. The van der Waals surface area contributed by atoms with Gasteiger partial charge >= 0.3 is 0 Å². The molecule has 9 nitrogen and oxygen atoms in total. The van der Waals surface area contributed by atoms with Gasteiger partial charge in [0, 0.05) is 31.2 Å². The third kappa shape index (κ3) is 10.6. The van der Waals surface area contributed by atoms with E-state index in [2.05, 4.69) is 43.4 Å². The molecule has 2 unspecified atom stereocenters. The Morgan fingerprint density at radius 3 is 2.24 bits per heavy atom. The minimum atomic E-state index is -1.81. The van der Waals surface area contributed by atoms with Crippen LogP contribution in [0.2, 0.25) is 18.1 Å². The quantitative estimate of drug-likeness (QED) is 0.0515. The molecule has 0 radical (unpaired) electrons. The van der Waals surface area contributed by atoms with Crippen LogP contribution in [0.5, 0.6) is 5.75 Å². The molecule has 0 saturated heterocycles. The van der Waals surface area contributed by atoms with Gasteiger partial charge in [0.05, 0.1) is 23.2 Å². The molecule has 1 aromatic rings. The summed E-state index contributed by atoms with van der Waals surface area (Å²) in [6, 6.07) is 5.02. The zero-order valence-corrected chi connectivity index (χ0v) is 26.1. The van der Waals surface area contributed by atoms with Crippen molar-refractivity contribution in [2.75, 3.05) is 26.4 Å². The fraction of sp³-hybridized carbons (Fsp3) is 0.731. The molecule has 1 rings (SSSR count). The predicted molar refractivity (Wildman–Crippen MR) is 152 cm³/mol. The Labute approximate surface area is 225 Å². The van der Waals surface area contributed by atoms with E-state index in [-0.39, 0.29) is 36.0 Å². The molecule has 0 aliphatic rings. The third-order valence-corrected chi connectivity index (χ3v) is 13.1. The molecule has 11 heteroatoms. The van der Waals surface area contributed by atoms with Crippen LogP contribution in [0.15, 0.2) is 18.2 Å². The SMILES string of the molecule is [C-]#[N+]CCOP(OC(C)c1cc(OCCCO[Si](C)(C)C(C)(C)C)ccc1[N+](=O)[O-])N(C(C)C)C(C)C. The molecule has 0 spiro atoms. The van der Waals surface area contributed by atoms with E-state index in [1.54, 1.807) is 19.1 Å². The molecule has 1 aromatic carbocycles. The minimum Gasteiger partial charge on any atom is -0.493 e. The summed E-state index contributed by atoms with van der Waals surface area (Å²) < 4.78 is 26.5. The highest BCUT2D eigenvalue weighted by atomic mass is 31.2. The van der Waals surface area contributed by atoms with Gasteiger partial charge < -0.3 is 23.1 Å². The fourth-order valence-corrected chi connectivity index (χ4v) is 6.16. The number of nitrogens with zero attached hydrogens (tertiary/aromatic N) is 3. The fourth-order valence-electron chi connectivity index (χ4n) is 3.39. The second-order valence-electron chi connectivity index (χ2n) is 11.1. The lowest BCUT2D eigenvalue weighted by molar-refractivity contribution is -0.386. The Balaban J connectivity index is 3.00. The number of hydrogen-bond donors (Lipinski definition) is 0. The van der Waals surface area contributed by atoms with Crippen LogP contribution in [0.1, 0.15) is 73.5 Å². The van der Waals surface area contributed by atoms with Gasteiger partial charge in [-0.05, 0) is 64.9 Å². The highest BCUT2D eigenvalue weighted by Crippen LogP contribution is 2.50. The van der Waals surface area contributed by atoms with E-state index in [1.165, 1.54) is 6.07 Å². The van der Waals surface area contributed by atoms with E-state index in [0.717, 1.165) is 6.42 Å². The first-order valence-corrected chi connectivity index (χ1v) is 16.9. The number of hydrogen-bond acceptors (Lipinski definition) is 7. The van der Waals surface area contributed by atoms with Crippen LogP contribution >= 0.6 is 8.53 Å². The number of nitro groups is 1. The van der Waals surface area contributed by atoms with Gasteiger partial charge in [0.25, 0.3) is 14.2 Å². The Hall–Kier alpha value is -1.60. The molecule has 2 atom stereocenters. The lowest BCUT2D eigenvalue weighted by Gasteiger charge is -2.36. The van der Waals surface area contributed by atoms with Crippen molar-refractivity contribution < 1.29 is 23.1 Å². The molecule has 0 amide bonds. The molecule has 0 saturated carbocycles. The van der Waals surface area contributed by atoms with Crippen molar-refractivity contribution in [3.8, 4) is 5.75 Å². The largest absolute Gasteiger partial charge is 0.493 e. The maximum atomic E-state index is 11.8. The van der Waals surface area contributed by atoms with Crippen LogP contribution in [0.25, 0.3) is 4.85 Å². The summed E-state index contributed by atoms with van der Waals surface area (Å²) in [6.07, 6.45) is 0.105. The molecular weight excluding hydrogens is 509 g/mol. The van der Waals surface area contributed by atoms with Gasteiger partial charge in [-0.2, -0.15) is 0 Å². The smallest absolute Gasteiger partial charge is 0.275 e. The molecule has 0 bridgehead atoms. The van der Waals surface area contributed by atoms with Crippen molar-refractivity contribution in [2.24, 2.45) is 0 Å².